The van der Waals surface area contributed by atoms with Crippen LogP contribution in [0.4, 0.5) is 11.4 Å². The van der Waals surface area contributed by atoms with Gasteiger partial charge in [0.1, 0.15) is 0 Å². The number of hydrogen-bond donors (Lipinski definition) is 3. The van der Waals surface area contributed by atoms with Crippen molar-refractivity contribution < 1.29 is 0 Å². The lowest BCUT2D eigenvalue weighted by Gasteiger charge is -2.21. The van der Waals surface area contributed by atoms with Crippen molar-refractivity contribution in [2.45, 2.75) is 12.6 Å². The average molecular weight is 303 g/mol. The van der Waals surface area contributed by atoms with E-state index in [2.05, 4.69) is 69.2 Å². The van der Waals surface area contributed by atoms with Crippen LogP contribution in [0.15, 0.2) is 42.5 Å². The summed E-state index contributed by atoms with van der Waals surface area (Å²) in [5, 5.41) is 8.34. The van der Waals surface area contributed by atoms with Gasteiger partial charge in [-0.25, -0.2) is 0 Å². The van der Waals surface area contributed by atoms with E-state index < -0.39 is 0 Å². The molecule has 2 aromatic carbocycles. The van der Waals surface area contributed by atoms with Crippen molar-refractivity contribution >= 4 is 22.3 Å². The van der Waals surface area contributed by atoms with E-state index in [4.69, 9.17) is 0 Å². The number of aromatic nitrogens is 1. The minimum absolute atomic E-state index is 0.222. The first-order chi connectivity index (χ1) is 11.4. The van der Waals surface area contributed by atoms with Crippen LogP contribution in [0.5, 0.6) is 0 Å². The summed E-state index contributed by atoms with van der Waals surface area (Å²) in [4.78, 5) is 5.73. The van der Waals surface area contributed by atoms with Crippen molar-refractivity contribution in [1.29, 1.82) is 0 Å². The highest BCUT2D eigenvalue weighted by molar-refractivity contribution is 5.98. The Balaban J connectivity index is 1.68. The predicted molar refractivity (Wildman–Crippen MR) is 93.0 cm³/mol. The van der Waals surface area contributed by atoms with Gasteiger partial charge in [0, 0.05) is 36.2 Å². The number of hydrogen-bond acceptors (Lipinski definition) is 3. The lowest BCUT2D eigenvalue weighted by Crippen LogP contribution is -2.22. The molecular formula is C19H19N4. The van der Waals surface area contributed by atoms with Gasteiger partial charge in [0.25, 0.3) is 0 Å². The van der Waals surface area contributed by atoms with Gasteiger partial charge < -0.3 is 9.88 Å². The Morgan fingerprint density at radius 2 is 1.87 bits per heavy atom. The van der Waals surface area contributed by atoms with E-state index in [9.17, 15) is 0 Å². The first-order valence-electron chi connectivity index (χ1n) is 8.26. The van der Waals surface area contributed by atoms with Crippen LogP contribution < -0.4 is 15.5 Å². The van der Waals surface area contributed by atoms with Crippen LogP contribution in [-0.2, 0) is 6.42 Å². The second kappa shape index (κ2) is 5.11. The van der Waals surface area contributed by atoms with Gasteiger partial charge in [0.2, 0.25) is 0 Å². The number of aromatic amines is 1. The summed E-state index contributed by atoms with van der Waals surface area (Å²) in [6.45, 7) is 3.04. The van der Waals surface area contributed by atoms with Gasteiger partial charge in [-0.3, -0.25) is 10.6 Å². The summed E-state index contributed by atoms with van der Waals surface area (Å²) in [5.74, 6) is 0. The maximum Gasteiger partial charge on any atom is 0.0894 e. The van der Waals surface area contributed by atoms with Gasteiger partial charge in [-0.2, -0.15) is 0 Å². The summed E-state index contributed by atoms with van der Waals surface area (Å²) >= 11 is 0. The molecule has 0 bridgehead atoms. The molecule has 115 valence electrons. The van der Waals surface area contributed by atoms with Crippen LogP contribution in [-0.4, -0.2) is 24.6 Å². The molecule has 1 saturated heterocycles. The lowest BCUT2D eigenvalue weighted by molar-refractivity contribution is 0.593. The zero-order chi connectivity index (χ0) is 15.2. The SMILES string of the molecule is [c]1[nH]c2cccc(C3NCCN3)c2c1N1CCc2ccccc21. The predicted octanol–water partition coefficient (Wildman–Crippen LogP) is 2.85. The number of fused-ring (bicyclic) bond motifs is 2. The van der Waals surface area contributed by atoms with Crippen molar-refractivity contribution in [2.75, 3.05) is 24.5 Å². The van der Waals surface area contributed by atoms with Crippen LogP contribution in [0.3, 0.4) is 0 Å². The highest BCUT2D eigenvalue weighted by Gasteiger charge is 2.26. The minimum Gasteiger partial charge on any atom is -0.351 e. The number of para-hydroxylation sites is 1. The molecule has 0 unspecified atom stereocenters. The molecule has 1 fully saturated rings. The van der Waals surface area contributed by atoms with Crippen LogP contribution in [0.1, 0.15) is 17.3 Å². The Labute approximate surface area is 135 Å². The topological polar surface area (TPSA) is 43.1 Å². The second-order valence-electron chi connectivity index (χ2n) is 6.24. The molecular weight excluding hydrogens is 284 g/mol. The van der Waals surface area contributed by atoms with E-state index in [1.54, 1.807) is 0 Å². The molecule has 0 spiro atoms. The number of H-pyrrole nitrogens is 1. The smallest absolute Gasteiger partial charge is 0.0894 e. The average Bonchev–Trinajstić information content (AvgIpc) is 3.33. The highest BCUT2D eigenvalue weighted by Crippen LogP contribution is 2.40. The third-order valence-electron chi connectivity index (χ3n) is 4.94. The van der Waals surface area contributed by atoms with E-state index in [0.29, 0.717) is 0 Å². The molecule has 0 atom stereocenters. The molecule has 1 aromatic heterocycles. The molecule has 3 heterocycles. The Hall–Kier alpha value is -2.30. The van der Waals surface area contributed by atoms with Crippen molar-refractivity contribution in [3.8, 4) is 0 Å². The Morgan fingerprint density at radius 3 is 2.78 bits per heavy atom. The fourth-order valence-corrected chi connectivity index (χ4v) is 3.87. The summed E-state index contributed by atoms with van der Waals surface area (Å²) in [6, 6.07) is 15.1. The van der Waals surface area contributed by atoms with Gasteiger partial charge in [-0.15, -0.1) is 0 Å². The minimum atomic E-state index is 0.222. The second-order valence-corrected chi connectivity index (χ2v) is 6.24. The summed E-state index contributed by atoms with van der Waals surface area (Å²) in [7, 11) is 0. The summed E-state index contributed by atoms with van der Waals surface area (Å²) in [5.41, 5.74) is 6.35. The molecule has 0 amide bonds. The van der Waals surface area contributed by atoms with E-state index in [1.807, 2.05) is 0 Å². The van der Waals surface area contributed by atoms with E-state index in [1.165, 1.54) is 22.2 Å². The maximum atomic E-state index is 3.53. The van der Waals surface area contributed by atoms with Crippen molar-refractivity contribution in [3.63, 3.8) is 0 Å². The first kappa shape index (κ1) is 13.2. The standard InChI is InChI=1S/C19H19N4/c1-2-7-16-13(4-1)8-11-23(16)17-12-22-15-6-3-5-14(18(15)17)19-20-9-10-21-19/h1-7,19-22H,8-11H2. The molecule has 23 heavy (non-hydrogen) atoms. The Bertz CT molecular complexity index is 861. The molecule has 2 aliphatic rings. The van der Waals surface area contributed by atoms with Gasteiger partial charge in [-0.1, -0.05) is 30.3 Å². The number of nitrogens with one attached hydrogen (secondary N) is 3. The largest absolute Gasteiger partial charge is 0.351 e. The van der Waals surface area contributed by atoms with Crippen LogP contribution in [0.2, 0.25) is 0 Å². The molecule has 4 heteroatoms. The molecule has 3 N–H and O–H groups in total. The first-order valence-corrected chi connectivity index (χ1v) is 8.26. The van der Waals surface area contributed by atoms with Crippen molar-refractivity contribution in [2.24, 2.45) is 0 Å². The fourth-order valence-electron chi connectivity index (χ4n) is 3.87. The normalized spacial score (nSPS) is 18.0. The maximum absolute atomic E-state index is 3.53. The lowest BCUT2D eigenvalue weighted by atomic mass is 10.1. The third-order valence-corrected chi connectivity index (χ3v) is 4.94. The van der Waals surface area contributed by atoms with Gasteiger partial charge in [-0.05, 0) is 29.7 Å². The van der Waals surface area contributed by atoms with Crippen molar-refractivity contribution in [3.05, 3.63) is 59.8 Å². The van der Waals surface area contributed by atoms with E-state index in [0.717, 1.165) is 37.3 Å². The quantitative estimate of drug-likeness (QED) is 0.682. The van der Waals surface area contributed by atoms with E-state index >= 15 is 0 Å². The molecule has 3 aromatic rings. The van der Waals surface area contributed by atoms with Gasteiger partial charge in [0.05, 0.1) is 18.1 Å². The molecule has 2 aliphatic heterocycles. The zero-order valence-corrected chi connectivity index (χ0v) is 12.9. The number of rotatable bonds is 2. The monoisotopic (exact) mass is 303 g/mol. The highest BCUT2D eigenvalue weighted by atomic mass is 15.2. The van der Waals surface area contributed by atoms with Crippen LogP contribution in [0.25, 0.3) is 10.9 Å². The molecule has 0 aliphatic carbocycles. The molecule has 4 nitrogen and oxygen atoms in total. The molecule has 5 rings (SSSR count). The zero-order valence-electron chi connectivity index (χ0n) is 12.9. The van der Waals surface area contributed by atoms with Crippen LogP contribution in [0, 0.1) is 6.20 Å². The number of nitrogens with zero attached hydrogens (tertiary/aromatic N) is 1. The number of benzene rings is 2. The molecule has 0 saturated carbocycles. The molecule has 1 radical (unpaired) electrons. The summed E-state index contributed by atoms with van der Waals surface area (Å²) in [6.07, 6.45) is 4.72. The van der Waals surface area contributed by atoms with Crippen molar-refractivity contribution in [1.82, 2.24) is 15.6 Å². The van der Waals surface area contributed by atoms with E-state index in [-0.39, 0.29) is 6.17 Å². The van der Waals surface area contributed by atoms with Gasteiger partial charge in [0.15, 0.2) is 0 Å². The Morgan fingerprint density at radius 1 is 1.00 bits per heavy atom. The number of anilines is 2. The third kappa shape index (κ3) is 1.99. The summed E-state index contributed by atoms with van der Waals surface area (Å²) < 4.78 is 0. The van der Waals surface area contributed by atoms with Gasteiger partial charge >= 0.3 is 0 Å². The Kier molecular flexibility index (Phi) is 2.93. The van der Waals surface area contributed by atoms with Crippen LogP contribution >= 0.6 is 0 Å². The fraction of sp³-hybridized carbons (Fsp3) is 0.263.